The van der Waals surface area contributed by atoms with Crippen molar-refractivity contribution in [3.63, 3.8) is 0 Å². The van der Waals surface area contributed by atoms with Crippen molar-refractivity contribution in [2.75, 3.05) is 0 Å². The maximum Gasteiger partial charge on any atom is 0.303 e. The van der Waals surface area contributed by atoms with Crippen molar-refractivity contribution in [3.05, 3.63) is 45.2 Å². The van der Waals surface area contributed by atoms with Crippen LogP contribution in [0, 0.1) is 10.1 Å². The summed E-state index contributed by atoms with van der Waals surface area (Å²) in [6, 6.07) is 4.35. The first kappa shape index (κ1) is 14.0. The molecule has 104 valence electrons. The van der Waals surface area contributed by atoms with E-state index in [1.54, 1.807) is 6.07 Å². The first-order chi connectivity index (χ1) is 9.47. The number of hydrogen-bond donors (Lipinski definition) is 2. The van der Waals surface area contributed by atoms with E-state index in [1.807, 2.05) is 0 Å². The summed E-state index contributed by atoms with van der Waals surface area (Å²) in [6.45, 7) is 0. The molecular weight excluding hydrogens is 286 g/mol. The quantitative estimate of drug-likeness (QED) is 0.651. The van der Waals surface area contributed by atoms with Gasteiger partial charge in [0.15, 0.2) is 0 Å². The summed E-state index contributed by atoms with van der Waals surface area (Å²) in [5.41, 5.74) is 0.968. The number of aromatic amines is 1. The number of aliphatic carboxylic acids is 1. The number of nitro benzene ring substituents is 1. The smallest absolute Gasteiger partial charge is 0.303 e. The normalized spacial score (nSPS) is 10.4. The first-order valence-corrected chi connectivity index (χ1v) is 6.05. The number of aromatic nitrogens is 2. The molecule has 1 heterocycles. The summed E-state index contributed by atoms with van der Waals surface area (Å²) < 4.78 is 0. The van der Waals surface area contributed by atoms with E-state index < -0.39 is 10.9 Å². The molecule has 20 heavy (non-hydrogen) atoms. The Morgan fingerprint density at radius 1 is 1.50 bits per heavy atom. The number of halogens is 1. The van der Waals surface area contributed by atoms with E-state index in [1.165, 1.54) is 18.3 Å². The Morgan fingerprint density at radius 2 is 2.25 bits per heavy atom. The van der Waals surface area contributed by atoms with Crippen LogP contribution < -0.4 is 0 Å². The molecule has 0 aliphatic carbocycles. The van der Waals surface area contributed by atoms with Gasteiger partial charge >= 0.3 is 5.97 Å². The third kappa shape index (κ3) is 3.12. The zero-order valence-corrected chi connectivity index (χ0v) is 10.9. The van der Waals surface area contributed by atoms with Crippen molar-refractivity contribution in [1.29, 1.82) is 0 Å². The fraction of sp³-hybridized carbons (Fsp3) is 0.167. The topological polar surface area (TPSA) is 109 Å². The number of nitrogens with zero attached hydrogens (tertiary/aromatic N) is 2. The van der Waals surface area contributed by atoms with Crippen LogP contribution in [0.4, 0.5) is 5.69 Å². The van der Waals surface area contributed by atoms with E-state index in [0.29, 0.717) is 23.5 Å². The summed E-state index contributed by atoms with van der Waals surface area (Å²) in [5.74, 6) is -0.464. The molecule has 0 aliphatic rings. The molecule has 0 aliphatic heterocycles. The third-order valence-corrected chi connectivity index (χ3v) is 2.97. The first-order valence-electron chi connectivity index (χ1n) is 5.67. The van der Waals surface area contributed by atoms with Crippen LogP contribution in [0.25, 0.3) is 11.4 Å². The zero-order chi connectivity index (χ0) is 14.7. The second kappa shape index (κ2) is 5.70. The van der Waals surface area contributed by atoms with Crippen molar-refractivity contribution in [2.45, 2.75) is 12.8 Å². The monoisotopic (exact) mass is 295 g/mol. The van der Waals surface area contributed by atoms with Crippen LogP contribution in [0.3, 0.4) is 0 Å². The maximum absolute atomic E-state index is 10.8. The SMILES string of the molecule is O=C(O)CCc1cnc(-c2ccc(Cl)c([N+](=O)[O-])c2)[nH]1. The van der Waals surface area contributed by atoms with Gasteiger partial charge in [0.25, 0.3) is 5.69 Å². The van der Waals surface area contributed by atoms with Gasteiger partial charge in [-0.3, -0.25) is 14.9 Å². The van der Waals surface area contributed by atoms with E-state index in [2.05, 4.69) is 9.97 Å². The number of aryl methyl sites for hydroxylation is 1. The molecule has 0 amide bonds. The summed E-state index contributed by atoms with van der Waals surface area (Å²) in [7, 11) is 0. The lowest BCUT2D eigenvalue weighted by Crippen LogP contribution is -1.97. The number of imidazole rings is 1. The molecule has 0 saturated carbocycles. The maximum atomic E-state index is 10.8. The molecule has 0 atom stereocenters. The van der Waals surface area contributed by atoms with E-state index in [-0.39, 0.29) is 17.1 Å². The highest BCUT2D eigenvalue weighted by molar-refractivity contribution is 6.32. The van der Waals surface area contributed by atoms with Gasteiger partial charge in [-0.25, -0.2) is 4.98 Å². The number of hydrogen-bond acceptors (Lipinski definition) is 4. The second-order valence-corrected chi connectivity index (χ2v) is 4.48. The molecule has 2 N–H and O–H groups in total. The minimum absolute atomic E-state index is 0.0115. The fourth-order valence-corrected chi connectivity index (χ4v) is 1.86. The number of nitro groups is 1. The van der Waals surface area contributed by atoms with Gasteiger partial charge in [-0.2, -0.15) is 0 Å². The van der Waals surface area contributed by atoms with Gasteiger partial charge in [-0.05, 0) is 18.6 Å². The number of nitrogens with one attached hydrogen (secondary N) is 1. The number of carboxylic acid groups (broad SMARTS) is 1. The van der Waals surface area contributed by atoms with Crippen molar-refractivity contribution < 1.29 is 14.8 Å². The molecule has 0 radical (unpaired) electrons. The molecule has 0 saturated heterocycles. The molecule has 7 nitrogen and oxygen atoms in total. The largest absolute Gasteiger partial charge is 0.481 e. The van der Waals surface area contributed by atoms with E-state index in [9.17, 15) is 14.9 Å². The number of rotatable bonds is 5. The second-order valence-electron chi connectivity index (χ2n) is 4.07. The van der Waals surface area contributed by atoms with Gasteiger partial charge in [0, 0.05) is 23.5 Å². The highest BCUT2D eigenvalue weighted by atomic mass is 35.5. The molecule has 1 aromatic carbocycles. The molecule has 0 spiro atoms. The number of H-pyrrole nitrogens is 1. The summed E-state index contributed by atoms with van der Waals surface area (Å²) in [6.07, 6.45) is 1.82. The molecular formula is C12H10ClN3O4. The van der Waals surface area contributed by atoms with Crippen molar-refractivity contribution in [2.24, 2.45) is 0 Å². The Morgan fingerprint density at radius 3 is 2.90 bits per heavy atom. The molecule has 0 unspecified atom stereocenters. The van der Waals surface area contributed by atoms with Gasteiger partial charge in [0.1, 0.15) is 10.8 Å². The molecule has 1 aromatic heterocycles. The molecule has 0 bridgehead atoms. The van der Waals surface area contributed by atoms with Crippen LogP contribution in [0.5, 0.6) is 0 Å². The predicted molar refractivity (Wildman–Crippen MR) is 71.6 cm³/mol. The van der Waals surface area contributed by atoms with E-state index in [4.69, 9.17) is 16.7 Å². The number of carbonyl (C=O) groups is 1. The lowest BCUT2D eigenvalue weighted by atomic mass is 10.2. The average Bonchev–Trinajstić information content (AvgIpc) is 2.85. The highest BCUT2D eigenvalue weighted by Crippen LogP contribution is 2.29. The van der Waals surface area contributed by atoms with E-state index >= 15 is 0 Å². The van der Waals surface area contributed by atoms with Gasteiger partial charge in [-0.1, -0.05) is 11.6 Å². The highest BCUT2D eigenvalue weighted by Gasteiger charge is 2.15. The van der Waals surface area contributed by atoms with Gasteiger partial charge < -0.3 is 10.1 Å². The number of carboxylic acids is 1. The van der Waals surface area contributed by atoms with Crippen molar-refractivity contribution in [3.8, 4) is 11.4 Å². The Bertz CT molecular complexity index is 668. The Hall–Kier alpha value is -2.41. The minimum atomic E-state index is -0.900. The Kier molecular flexibility index (Phi) is 3.99. The molecule has 2 aromatic rings. The Balaban J connectivity index is 2.26. The van der Waals surface area contributed by atoms with Crippen LogP contribution in [0.15, 0.2) is 24.4 Å². The van der Waals surface area contributed by atoms with Crippen LogP contribution >= 0.6 is 11.6 Å². The van der Waals surface area contributed by atoms with Crippen LogP contribution in [0.1, 0.15) is 12.1 Å². The average molecular weight is 296 g/mol. The van der Waals surface area contributed by atoms with Crippen LogP contribution in [-0.2, 0) is 11.2 Å². The number of benzene rings is 1. The fourth-order valence-electron chi connectivity index (χ4n) is 1.67. The van der Waals surface area contributed by atoms with Crippen LogP contribution in [-0.4, -0.2) is 26.0 Å². The van der Waals surface area contributed by atoms with Gasteiger partial charge in [-0.15, -0.1) is 0 Å². The molecule has 8 heteroatoms. The standard InChI is InChI=1S/C12H10ClN3O4/c13-9-3-1-7(5-10(9)16(19)20)12-14-6-8(15-12)2-4-11(17)18/h1,3,5-6H,2,4H2,(H,14,15)(H,17,18). The van der Waals surface area contributed by atoms with E-state index in [0.717, 1.165) is 0 Å². The van der Waals surface area contributed by atoms with Crippen molar-refractivity contribution >= 4 is 23.3 Å². The van der Waals surface area contributed by atoms with Gasteiger partial charge in [0.2, 0.25) is 0 Å². The minimum Gasteiger partial charge on any atom is -0.481 e. The summed E-state index contributed by atoms with van der Waals surface area (Å²) in [5, 5.41) is 19.5. The third-order valence-electron chi connectivity index (χ3n) is 2.65. The Labute approximate surface area is 118 Å². The summed E-state index contributed by atoms with van der Waals surface area (Å²) in [4.78, 5) is 27.7. The van der Waals surface area contributed by atoms with Crippen LogP contribution in [0.2, 0.25) is 5.02 Å². The van der Waals surface area contributed by atoms with Crippen molar-refractivity contribution in [1.82, 2.24) is 9.97 Å². The van der Waals surface area contributed by atoms with Gasteiger partial charge in [0.05, 0.1) is 11.3 Å². The molecule has 0 fully saturated rings. The lowest BCUT2D eigenvalue weighted by Gasteiger charge is -1.99. The lowest BCUT2D eigenvalue weighted by molar-refractivity contribution is -0.384. The predicted octanol–water partition coefficient (Wildman–Crippen LogP) is 2.66. The molecule has 2 rings (SSSR count). The summed E-state index contributed by atoms with van der Waals surface area (Å²) >= 11 is 5.73. The zero-order valence-electron chi connectivity index (χ0n) is 10.2.